The molecule has 2 aromatic carbocycles. The SMILES string of the molecule is CC(c1ccc(NC(=O)N(CCN(C)C)Cc2ccccc2)cc1)N1CCOCC1. The highest BCUT2D eigenvalue weighted by atomic mass is 16.5. The Hall–Kier alpha value is -2.41. The first-order valence-electron chi connectivity index (χ1n) is 10.7. The highest BCUT2D eigenvalue weighted by Crippen LogP contribution is 2.23. The van der Waals surface area contributed by atoms with Crippen molar-refractivity contribution in [3.8, 4) is 0 Å². The van der Waals surface area contributed by atoms with Crippen molar-refractivity contribution in [1.29, 1.82) is 0 Å². The number of ether oxygens (including phenoxy) is 1. The van der Waals surface area contributed by atoms with Crippen molar-refractivity contribution in [2.45, 2.75) is 19.5 Å². The topological polar surface area (TPSA) is 48.1 Å². The number of nitrogens with zero attached hydrogens (tertiary/aromatic N) is 3. The maximum atomic E-state index is 13.0. The number of hydrogen-bond donors (Lipinski definition) is 1. The first kappa shape index (κ1) is 22.3. The summed E-state index contributed by atoms with van der Waals surface area (Å²) < 4.78 is 5.45. The number of urea groups is 1. The van der Waals surface area contributed by atoms with Gasteiger partial charge in [0.2, 0.25) is 0 Å². The second-order valence-electron chi connectivity index (χ2n) is 8.09. The van der Waals surface area contributed by atoms with Gasteiger partial charge in [-0.2, -0.15) is 0 Å². The molecule has 1 unspecified atom stereocenters. The molecule has 3 rings (SSSR count). The van der Waals surface area contributed by atoms with Crippen molar-refractivity contribution in [2.75, 3.05) is 58.8 Å². The lowest BCUT2D eigenvalue weighted by atomic mass is 10.1. The lowest BCUT2D eigenvalue weighted by Crippen LogP contribution is -2.39. The first-order valence-corrected chi connectivity index (χ1v) is 10.7. The Labute approximate surface area is 180 Å². The molecule has 1 aliphatic heterocycles. The summed E-state index contributed by atoms with van der Waals surface area (Å²) in [6.45, 7) is 7.80. The summed E-state index contributed by atoms with van der Waals surface area (Å²) in [7, 11) is 4.04. The molecule has 2 amide bonds. The highest BCUT2D eigenvalue weighted by molar-refractivity contribution is 5.89. The molecule has 1 saturated heterocycles. The fraction of sp³-hybridized carbons (Fsp3) is 0.458. The Morgan fingerprint density at radius 3 is 2.33 bits per heavy atom. The van der Waals surface area contributed by atoms with E-state index >= 15 is 0 Å². The van der Waals surface area contributed by atoms with Crippen LogP contribution in [0.25, 0.3) is 0 Å². The summed E-state index contributed by atoms with van der Waals surface area (Å²) in [5.74, 6) is 0. The lowest BCUT2D eigenvalue weighted by Gasteiger charge is -2.32. The summed E-state index contributed by atoms with van der Waals surface area (Å²) in [6.07, 6.45) is 0. The van der Waals surface area contributed by atoms with E-state index in [1.54, 1.807) is 0 Å². The molecule has 0 radical (unpaired) electrons. The van der Waals surface area contributed by atoms with Crippen LogP contribution in [0.2, 0.25) is 0 Å². The van der Waals surface area contributed by atoms with E-state index < -0.39 is 0 Å². The largest absolute Gasteiger partial charge is 0.379 e. The predicted molar refractivity (Wildman–Crippen MR) is 122 cm³/mol. The number of carbonyl (C=O) groups is 1. The van der Waals surface area contributed by atoms with E-state index in [1.807, 2.05) is 49.3 Å². The molecular formula is C24H34N4O2. The van der Waals surface area contributed by atoms with Crippen LogP contribution in [-0.2, 0) is 11.3 Å². The molecule has 30 heavy (non-hydrogen) atoms. The quantitative estimate of drug-likeness (QED) is 0.721. The van der Waals surface area contributed by atoms with Crippen LogP contribution in [0.15, 0.2) is 54.6 Å². The van der Waals surface area contributed by atoms with Gasteiger partial charge in [-0.15, -0.1) is 0 Å². The molecule has 0 spiro atoms. The second-order valence-corrected chi connectivity index (χ2v) is 8.09. The van der Waals surface area contributed by atoms with Gasteiger partial charge in [0.1, 0.15) is 0 Å². The molecule has 0 saturated carbocycles. The number of carbonyl (C=O) groups excluding carboxylic acids is 1. The molecular weight excluding hydrogens is 376 g/mol. The lowest BCUT2D eigenvalue weighted by molar-refractivity contribution is 0.0198. The van der Waals surface area contributed by atoms with Gasteiger partial charge < -0.3 is 19.9 Å². The summed E-state index contributed by atoms with van der Waals surface area (Å²) >= 11 is 0. The molecule has 1 heterocycles. The van der Waals surface area contributed by atoms with Crippen molar-refractivity contribution >= 4 is 11.7 Å². The van der Waals surface area contributed by atoms with Crippen molar-refractivity contribution in [2.24, 2.45) is 0 Å². The molecule has 162 valence electrons. The Morgan fingerprint density at radius 1 is 1.03 bits per heavy atom. The molecule has 1 atom stereocenters. The van der Waals surface area contributed by atoms with Gasteiger partial charge in [0.05, 0.1) is 13.2 Å². The maximum Gasteiger partial charge on any atom is 0.322 e. The molecule has 0 bridgehead atoms. The monoisotopic (exact) mass is 410 g/mol. The van der Waals surface area contributed by atoms with Crippen molar-refractivity contribution in [3.63, 3.8) is 0 Å². The summed E-state index contributed by atoms with van der Waals surface area (Å²) in [6, 6.07) is 18.6. The summed E-state index contributed by atoms with van der Waals surface area (Å²) in [5.41, 5.74) is 3.20. The fourth-order valence-corrected chi connectivity index (χ4v) is 3.60. The molecule has 6 nitrogen and oxygen atoms in total. The number of morpholine rings is 1. The van der Waals surface area contributed by atoms with Crippen molar-refractivity contribution in [3.05, 3.63) is 65.7 Å². The first-order chi connectivity index (χ1) is 14.5. The fourth-order valence-electron chi connectivity index (χ4n) is 3.60. The number of likely N-dealkylation sites (N-methyl/N-ethyl adjacent to an activating group) is 1. The highest BCUT2D eigenvalue weighted by Gasteiger charge is 2.19. The Balaban J connectivity index is 1.62. The number of benzene rings is 2. The standard InChI is InChI=1S/C24H34N4O2/c1-20(27-15-17-30-18-16-27)22-9-11-23(12-10-22)25-24(29)28(14-13-26(2)3)19-21-7-5-4-6-8-21/h4-12,20H,13-19H2,1-3H3,(H,25,29). The zero-order chi connectivity index (χ0) is 21.3. The minimum atomic E-state index is -0.0744. The van der Waals surface area contributed by atoms with Gasteiger partial charge in [0.25, 0.3) is 0 Å². The smallest absolute Gasteiger partial charge is 0.322 e. The van der Waals surface area contributed by atoms with Crippen LogP contribution in [-0.4, -0.2) is 74.2 Å². The number of amides is 2. The number of hydrogen-bond acceptors (Lipinski definition) is 4. The van der Waals surface area contributed by atoms with Crippen LogP contribution >= 0.6 is 0 Å². The zero-order valence-electron chi connectivity index (χ0n) is 18.4. The van der Waals surface area contributed by atoms with E-state index in [9.17, 15) is 4.79 Å². The molecule has 1 N–H and O–H groups in total. The number of anilines is 1. The normalized spacial score (nSPS) is 15.7. The van der Waals surface area contributed by atoms with Crippen LogP contribution in [0.5, 0.6) is 0 Å². The van der Waals surface area contributed by atoms with E-state index in [0.717, 1.165) is 44.1 Å². The van der Waals surface area contributed by atoms with Gasteiger partial charge in [-0.1, -0.05) is 42.5 Å². The minimum absolute atomic E-state index is 0.0744. The molecule has 0 aliphatic carbocycles. The zero-order valence-corrected chi connectivity index (χ0v) is 18.4. The van der Waals surface area contributed by atoms with Gasteiger partial charge in [0, 0.05) is 44.5 Å². The second kappa shape index (κ2) is 11.1. The van der Waals surface area contributed by atoms with E-state index in [1.165, 1.54) is 5.56 Å². The molecule has 0 aromatic heterocycles. The molecule has 1 aliphatic rings. The third-order valence-corrected chi connectivity index (χ3v) is 5.56. The van der Waals surface area contributed by atoms with E-state index in [0.29, 0.717) is 19.1 Å². The number of nitrogens with one attached hydrogen (secondary N) is 1. The average Bonchev–Trinajstić information content (AvgIpc) is 2.77. The van der Waals surface area contributed by atoms with Gasteiger partial charge in [0.15, 0.2) is 0 Å². The van der Waals surface area contributed by atoms with E-state index in [2.05, 4.69) is 46.3 Å². The summed E-state index contributed by atoms with van der Waals surface area (Å²) in [4.78, 5) is 19.4. The van der Waals surface area contributed by atoms with Crippen LogP contribution in [0.3, 0.4) is 0 Å². The summed E-state index contributed by atoms with van der Waals surface area (Å²) in [5, 5.41) is 3.07. The van der Waals surface area contributed by atoms with Crippen LogP contribution < -0.4 is 5.32 Å². The van der Waals surface area contributed by atoms with Crippen LogP contribution in [0.1, 0.15) is 24.1 Å². The van der Waals surface area contributed by atoms with Gasteiger partial charge in [-0.05, 0) is 44.3 Å². The Bertz CT molecular complexity index is 774. The van der Waals surface area contributed by atoms with Crippen molar-refractivity contribution < 1.29 is 9.53 Å². The van der Waals surface area contributed by atoms with E-state index in [-0.39, 0.29) is 6.03 Å². The predicted octanol–water partition coefficient (Wildman–Crippen LogP) is 3.68. The van der Waals surface area contributed by atoms with Gasteiger partial charge in [-0.3, -0.25) is 4.90 Å². The number of rotatable bonds is 8. The Kier molecular flexibility index (Phi) is 8.25. The Morgan fingerprint density at radius 2 is 1.70 bits per heavy atom. The van der Waals surface area contributed by atoms with Gasteiger partial charge >= 0.3 is 6.03 Å². The third-order valence-electron chi connectivity index (χ3n) is 5.56. The third kappa shape index (κ3) is 6.55. The maximum absolute atomic E-state index is 13.0. The van der Waals surface area contributed by atoms with Crippen LogP contribution in [0.4, 0.5) is 10.5 Å². The minimum Gasteiger partial charge on any atom is -0.379 e. The van der Waals surface area contributed by atoms with Gasteiger partial charge in [-0.25, -0.2) is 4.79 Å². The molecule has 2 aromatic rings. The molecule has 6 heteroatoms. The van der Waals surface area contributed by atoms with Crippen LogP contribution in [0, 0.1) is 0 Å². The molecule has 1 fully saturated rings. The van der Waals surface area contributed by atoms with E-state index in [4.69, 9.17) is 4.74 Å². The average molecular weight is 411 g/mol. The van der Waals surface area contributed by atoms with Crippen molar-refractivity contribution in [1.82, 2.24) is 14.7 Å².